The number of nitrogens with one attached hydrogen (secondary N) is 1. The van der Waals surface area contributed by atoms with Crippen LogP contribution in [0, 0.1) is 0 Å². The molecule has 0 spiro atoms. The summed E-state index contributed by atoms with van der Waals surface area (Å²) in [5, 5.41) is 3.31. The lowest BCUT2D eigenvalue weighted by Gasteiger charge is -2.30. The molecular formula is C15H27N3O2. The topological polar surface area (TPSA) is 56.2 Å². The first kappa shape index (κ1) is 16.7. The Kier molecular flexibility index (Phi) is 6.20. The predicted octanol–water partition coefficient (Wildman–Crippen LogP) is 2.16. The molecule has 20 heavy (non-hydrogen) atoms. The number of rotatable bonds is 8. The summed E-state index contributed by atoms with van der Waals surface area (Å²) in [5.41, 5.74) is -0.670. The van der Waals surface area contributed by atoms with Crippen molar-refractivity contribution in [2.75, 3.05) is 7.11 Å². The summed E-state index contributed by atoms with van der Waals surface area (Å²) in [7, 11) is 1.43. The average molecular weight is 281 g/mol. The Bertz CT molecular complexity index is 429. The van der Waals surface area contributed by atoms with Gasteiger partial charge in [0.05, 0.1) is 7.11 Å². The Morgan fingerprint density at radius 2 is 2.25 bits per heavy atom. The van der Waals surface area contributed by atoms with Crippen molar-refractivity contribution in [3.05, 3.63) is 18.2 Å². The van der Waals surface area contributed by atoms with E-state index < -0.39 is 5.54 Å². The lowest BCUT2D eigenvalue weighted by molar-refractivity contribution is -0.148. The molecule has 0 aliphatic heterocycles. The lowest BCUT2D eigenvalue weighted by atomic mass is 9.96. The second-order valence-corrected chi connectivity index (χ2v) is 5.66. The van der Waals surface area contributed by atoms with Crippen LogP contribution in [0.15, 0.2) is 12.4 Å². The number of esters is 1. The molecule has 5 heteroatoms. The molecule has 0 bridgehead atoms. The van der Waals surface area contributed by atoms with Crippen LogP contribution in [0.25, 0.3) is 0 Å². The minimum atomic E-state index is -0.670. The first-order valence-corrected chi connectivity index (χ1v) is 7.29. The number of carbonyl (C=O) groups excluding carboxylic acids is 1. The molecule has 5 nitrogen and oxygen atoms in total. The fourth-order valence-corrected chi connectivity index (χ4v) is 2.44. The van der Waals surface area contributed by atoms with Crippen LogP contribution in [0.5, 0.6) is 0 Å². The quantitative estimate of drug-likeness (QED) is 0.742. The summed E-state index contributed by atoms with van der Waals surface area (Å²) in [5.74, 6) is 0.854. The Hall–Kier alpha value is -1.36. The number of nitrogens with zero attached hydrogens (tertiary/aromatic N) is 2. The number of methoxy groups -OCH3 is 1. The fraction of sp³-hybridized carbons (Fsp3) is 0.733. The molecule has 0 radical (unpaired) electrons. The van der Waals surface area contributed by atoms with E-state index in [1.807, 2.05) is 33.2 Å². The Morgan fingerprint density at radius 1 is 1.55 bits per heavy atom. The largest absolute Gasteiger partial charge is 0.468 e. The molecule has 0 fully saturated rings. The highest BCUT2D eigenvalue weighted by atomic mass is 16.5. The average Bonchev–Trinajstić information content (AvgIpc) is 2.82. The maximum atomic E-state index is 12.0. The van der Waals surface area contributed by atoms with E-state index in [0.717, 1.165) is 25.2 Å². The number of imidazole rings is 1. The van der Waals surface area contributed by atoms with Gasteiger partial charge in [0.1, 0.15) is 11.4 Å². The standard InChI is InChI=1S/C15H27N3O2/c1-6-7-13-16-9-11-18(13)10-8-15(4,14(19)20-5)17-12(2)3/h9,11-12,17H,6-8,10H2,1-5H3. The van der Waals surface area contributed by atoms with Crippen molar-refractivity contribution >= 4 is 5.97 Å². The van der Waals surface area contributed by atoms with Gasteiger partial charge in [0.15, 0.2) is 0 Å². The molecular weight excluding hydrogens is 254 g/mol. The number of carbonyl (C=O) groups is 1. The van der Waals surface area contributed by atoms with E-state index >= 15 is 0 Å². The Labute approximate surface area is 121 Å². The summed E-state index contributed by atoms with van der Waals surface area (Å²) in [4.78, 5) is 16.4. The number of aromatic nitrogens is 2. The van der Waals surface area contributed by atoms with Gasteiger partial charge in [-0.25, -0.2) is 4.98 Å². The van der Waals surface area contributed by atoms with Crippen molar-refractivity contribution in [1.29, 1.82) is 0 Å². The highest BCUT2D eigenvalue weighted by molar-refractivity contribution is 5.80. The molecule has 1 atom stereocenters. The summed E-state index contributed by atoms with van der Waals surface area (Å²) in [6.07, 6.45) is 6.48. The van der Waals surface area contributed by atoms with Crippen LogP contribution in [-0.4, -0.2) is 34.2 Å². The van der Waals surface area contributed by atoms with Crippen molar-refractivity contribution in [2.45, 2.75) is 65.1 Å². The van der Waals surface area contributed by atoms with Crippen molar-refractivity contribution in [3.63, 3.8) is 0 Å². The van der Waals surface area contributed by atoms with Crippen LogP contribution in [0.2, 0.25) is 0 Å². The van der Waals surface area contributed by atoms with Gasteiger partial charge in [-0.2, -0.15) is 0 Å². The van der Waals surface area contributed by atoms with Crippen molar-refractivity contribution in [2.24, 2.45) is 0 Å². The summed E-state index contributed by atoms with van der Waals surface area (Å²) in [6, 6.07) is 0.219. The van der Waals surface area contributed by atoms with E-state index in [-0.39, 0.29) is 12.0 Å². The van der Waals surface area contributed by atoms with Crippen LogP contribution < -0.4 is 5.32 Å². The normalized spacial score (nSPS) is 14.3. The number of aryl methyl sites for hydroxylation is 2. The van der Waals surface area contributed by atoms with E-state index in [1.165, 1.54) is 7.11 Å². The van der Waals surface area contributed by atoms with Crippen molar-refractivity contribution in [3.8, 4) is 0 Å². The predicted molar refractivity (Wildman–Crippen MR) is 79.5 cm³/mol. The van der Waals surface area contributed by atoms with Crippen LogP contribution in [0.3, 0.4) is 0 Å². The van der Waals surface area contributed by atoms with Crippen LogP contribution >= 0.6 is 0 Å². The third-order valence-corrected chi connectivity index (χ3v) is 3.37. The van der Waals surface area contributed by atoms with E-state index in [9.17, 15) is 4.79 Å². The molecule has 1 heterocycles. The zero-order chi connectivity index (χ0) is 15.2. The highest BCUT2D eigenvalue weighted by Gasteiger charge is 2.34. The van der Waals surface area contributed by atoms with E-state index in [0.29, 0.717) is 6.42 Å². The minimum absolute atomic E-state index is 0.219. The van der Waals surface area contributed by atoms with Gasteiger partial charge in [-0.05, 0) is 33.6 Å². The molecule has 0 saturated carbocycles. The molecule has 1 unspecified atom stereocenters. The van der Waals surface area contributed by atoms with E-state index in [4.69, 9.17) is 4.74 Å². The molecule has 0 amide bonds. The number of hydrogen-bond acceptors (Lipinski definition) is 4. The van der Waals surface area contributed by atoms with E-state index in [2.05, 4.69) is 21.8 Å². The Morgan fingerprint density at radius 3 is 2.80 bits per heavy atom. The fourth-order valence-electron chi connectivity index (χ4n) is 2.44. The maximum absolute atomic E-state index is 12.0. The molecule has 1 N–H and O–H groups in total. The number of ether oxygens (including phenoxy) is 1. The third-order valence-electron chi connectivity index (χ3n) is 3.37. The van der Waals surface area contributed by atoms with Gasteiger partial charge in [-0.15, -0.1) is 0 Å². The van der Waals surface area contributed by atoms with Gasteiger partial charge >= 0.3 is 5.97 Å². The zero-order valence-electron chi connectivity index (χ0n) is 13.3. The monoisotopic (exact) mass is 281 g/mol. The summed E-state index contributed by atoms with van der Waals surface area (Å²) >= 11 is 0. The molecule has 0 aliphatic rings. The van der Waals surface area contributed by atoms with Gasteiger partial charge in [-0.1, -0.05) is 6.92 Å². The highest BCUT2D eigenvalue weighted by Crippen LogP contribution is 2.16. The SMILES string of the molecule is CCCc1nccn1CCC(C)(NC(C)C)C(=O)OC. The van der Waals surface area contributed by atoms with Gasteiger partial charge in [0, 0.05) is 31.4 Å². The molecule has 1 rings (SSSR count). The van der Waals surface area contributed by atoms with E-state index in [1.54, 1.807) is 0 Å². The zero-order valence-corrected chi connectivity index (χ0v) is 13.3. The first-order chi connectivity index (χ1) is 9.42. The summed E-state index contributed by atoms with van der Waals surface area (Å²) < 4.78 is 7.06. The molecule has 1 aromatic rings. The van der Waals surface area contributed by atoms with Gasteiger partial charge in [0.25, 0.3) is 0 Å². The molecule has 114 valence electrons. The number of hydrogen-bond donors (Lipinski definition) is 1. The van der Waals surface area contributed by atoms with Gasteiger partial charge in [0.2, 0.25) is 0 Å². The van der Waals surface area contributed by atoms with Crippen molar-refractivity contribution < 1.29 is 9.53 Å². The minimum Gasteiger partial charge on any atom is -0.468 e. The van der Waals surface area contributed by atoms with Crippen LogP contribution in [0.4, 0.5) is 0 Å². The molecule has 0 saturated heterocycles. The Balaban J connectivity index is 2.75. The van der Waals surface area contributed by atoms with Gasteiger partial charge in [-0.3, -0.25) is 10.1 Å². The molecule has 1 aromatic heterocycles. The maximum Gasteiger partial charge on any atom is 0.325 e. The van der Waals surface area contributed by atoms with Crippen molar-refractivity contribution in [1.82, 2.24) is 14.9 Å². The van der Waals surface area contributed by atoms with Crippen LogP contribution in [-0.2, 0) is 22.5 Å². The summed E-state index contributed by atoms with van der Waals surface area (Å²) in [6.45, 7) is 8.84. The van der Waals surface area contributed by atoms with Gasteiger partial charge < -0.3 is 9.30 Å². The second kappa shape index (κ2) is 7.43. The first-order valence-electron chi connectivity index (χ1n) is 7.29. The third kappa shape index (κ3) is 4.34. The smallest absolute Gasteiger partial charge is 0.325 e. The molecule has 0 aromatic carbocycles. The molecule has 0 aliphatic carbocycles. The van der Waals surface area contributed by atoms with Crippen LogP contribution in [0.1, 0.15) is 46.4 Å². The lowest BCUT2D eigenvalue weighted by Crippen LogP contribution is -2.53. The second-order valence-electron chi connectivity index (χ2n) is 5.66.